The van der Waals surface area contributed by atoms with Crippen LogP contribution >= 0.6 is 0 Å². The van der Waals surface area contributed by atoms with Gasteiger partial charge in [0.15, 0.2) is 0 Å². The fraction of sp³-hybridized carbons (Fsp3) is 0.471. The van der Waals surface area contributed by atoms with Crippen LogP contribution in [0, 0.1) is 19.7 Å². The molecule has 2 rings (SSSR count). The third kappa shape index (κ3) is 3.50. The van der Waals surface area contributed by atoms with Gasteiger partial charge in [0.1, 0.15) is 5.82 Å². The molecule has 0 amide bonds. The first-order chi connectivity index (χ1) is 10.0. The van der Waals surface area contributed by atoms with Gasteiger partial charge in [0.2, 0.25) is 0 Å². The summed E-state index contributed by atoms with van der Waals surface area (Å²) >= 11 is 0. The number of halogens is 1. The molecular formula is C17H24FN3. The van der Waals surface area contributed by atoms with Gasteiger partial charge in [0.25, 0.3) is 0 Å². The van der Waals surface area contributed by atoms with Gasteiger partial charge in [-0.25, -0.2) is 9.07 Å². The monoisotopic (exact) mass is 289 g/mol. The normalized spacial score (nSPS) is 12.6. The number of hydrogen-bond acceptors (Lipinski definition) is 2. The molecule has 2 aromatic rings. The molecule has 1 aromatic heterocycles. The van der Waals surface area contributed by atoms with Gasteiger partial charge in [-0.1, -0.05) is 13.8 Å². The van der Waals surface area contributed by atoms with E-state index in [4.69, 9.17) is 0 Å². The smallest absolute Gasteiger partial charge is 0.123 e. The van der Waals surface area contributed by atoms with Gasteiger partial charge in [0, 0.05) is 17.8 Å². The lowest BCUT2D eigenvalue weighted by atomic mass is 9.99. The first-order valence-electron chi connectivity index (χ1n) is 7.57. The van der Waals surface area contributed by atoms with E-state index >= 15 is 0 Å². The fourth-order valence-electron chi connectivity index (χ4n) is 2.80. The molecule has 0 saturated heterocycles. The van der Waals surface area contributed by atoms with Crippen LogP contribution in [0.25, 0.3) is 5.69 Å². The van der Waals surface area contributed by atoms with E-state index in [-0.39, 0.29) is 5.82 Å². The van der Waals surface area contributed by atoms with Crippen LogP contribution in [-0.2, 0) is 0 Å². The van der Waals surface area contributed by atoms with Crippen molar-refractivity contribution in [2.24, 2.45) is 0 Å². The Labute approximate surface area is 126 Å². The van der Waals surface area contributed by atoms with E-state index in [9.17, 15) is 4.39 Å². The van der Waals surface area contributed by atoms with Crippen LogP contribution in [0.3, 0.4) is 0 Å². The quantitative estimate of drug-likeness (QED) is 0.821. The summed E-state index contributed by atoms with van der Waals surface area (Å²) in [5, 5.41) is 8.08. The molecule has 1 heterocycles. The van der Waals surface area contributed by atoms with Crippen molar-refractivity contribution in [2.75, 3.05) is 13.1 Å². The molecule has 0 aliphatic heterocycles. The molecule has 114 valence electrons. The van der Waals surface area contributed by atoms with Crippen LogP contribution in [-0.4, -0.2) is 22.9 Å². The second-order valence-electron chi connectivity index (χ2n) is 5.58. The van der Waals surface area contributed by atoms with Crippen LogP contribution in [0.15, 0.2) is 24.3 Å². The molecule has 0 aliphatic carbocycles. The minimum absolute atomic E-state index is 0.224. The Bertz CT molecular complexity index is 587. The van der Waals surface area contributed by atoms with Gasteiger partial charge < -0.3 is 5.32 Å². The van der Waals surface area contributed by atoms with Crippen molar-refractivity contribution in [3.63, 3.8) is 0 Å². The Balaban J connectivity index is 2.26. The molecule has 1 aromatic carbocycles. The summed E-state index contributed by atoms with van der Waals surface area (Å²) < 4.78 is 15.0. The Hall–Kier alpha value is -1.68. The maximum absolute atomic E-state index is 13.1. The molecule has 0 aliphatic rings. The third-order valence-electron chi connectivity index (χ3n) is 3.79. The van der Waals surface area contributed by atoms with Crippen molar-refractivity contribution in [3.05, 3.63) is 47.0 Å². The molecule has 1 N–H and O–H groups in total. The highest BCUT2D eigenvalue weighted by Gasteiger charge is 2.18. The summed E-state index contributed by atoms with van der Waals surface area (Å²) in [5.41, 5.74) is 4.35. The van der Waals surface area contributed by atoms with Gasteiger partial charge >= 0.3 is 0 Å². The average molecular weight is 289 g/mol. The number of hydrogen-bond donors (Lipinski definition) is 1. The third-order valence-corrected chi connectivity index (χ3v) is 3.79. The Morgan fingerprint density at radius 3 is 2.52 bits per heavy atom. The Morgan fingerprint density at radius 1 is 1.24 bits per heavy atom. The van der Waals surface area contributed by atoms with Crippen molar-refractivity contribution < 1.29 is 4.39 Å². The summed E-state index contributed by atoms with van der Waals surface area (Å²) in [4.78, 5) is 0. The summed E-state index contributed by atoms with van der Waals surface area (Å²) in [6.45, 7) is 10.5. The van der Waals surface area contributed by atoms with Crippen LogP contribution in [0.1, 0.15) is 43.1 Å². The molecule has 0 saturated carbocycles. The van der Waals surface area contributed by atoms with Gasteiger partial charge in [-0.2, -0.15) is 5.10 Å². The predicted octanol–water partition coefficient (Wildman–Crippen LogP) is 3.73. The lowest BCUT2D eigenvalue weighted by molar-refractivity contribution is 0.605. The zero-order valence-electron chi connectivity index (χ0n) is 13.3. The Morgan fingerprint density at radius 2 is 1.90 bits per heavy atom. The average Bonchev–Trinajstić information content (AvgIpc) is 2.75. The summed E-state index contributed by atoms with van der Waals surface area (Å²) in [5.74, 6) is 0.184. The van der Waals surface area contributed by atoms with Gasteiger partial charge in [0.05, 0.1) is 11.4 Å². The maximum atomic E-state index is 13.1. The van der Waals surface area contributed by atoms with Gasteiger partial charge in [-0.05, 0) is 57.0 Å². The summed E-state index contributed by atoms with van der Waals surface area (Å²) in [6, 6.07) is 6.46. The molecule has 0 bridgehead atoms. The van der Waals surface area contributed by atoms with E-state index in [1.54, 1.807) is 12.1 Å². The SMILES string of the molecule is CCCNCC(C)c1c(C)nn(-c2ccc(F)cc2)c1C. The molecule has 21 heavy (non-hydrogen) atoms. The number of nitrogens with zero attached hydrogens (tertiary/aromatic N) is 2. The second-order valence-corrected chi connectivity index (χ2v) is 5.58. The number of benzene rings is 1. The van der Waals surface area contributed by atoms with Crippen molar-refractivity contribution >= 4 is 0 Å². The number of aromatic nitrogens is 2. The first kappa shape index (κ1) is 15.7. The highest BCUT2D eigenvalue weighted by molar-refractivity contribution is 5.38. The van der Waals surface area contributed by atoms with E-state index in [1.165, 1.54) is 17.7 Å². The minimum Gasteiger partial charge on any atom is -0.316 e. The summed E-state index contributed by atoms with van der Waals surface area (Å²) in [7, 11) is 0. The van der Waals surface area contributed by atoms with Gasteiger partial charge in [-0.15, -0.1) is 0 Å². The van der Waals surface area contributed by atoms with Crippen molar-refractivity contribution in [3.8, 4) is 5.69 Å². The standard InChI is InChI=1S/C17H24FN3/c1-5-10-19-11-12(2)17-13(3)20-21(14(17)4)16-8-6-15(18)7-9-16/h6-9,12,19H,5,10-11H2,1-4H3. The van der Waals surface area contributed by atoms with E-state index in [1.807, 2.05) is 11.6 Å². The zero-order valence-corrected chi connectivity index (χ0v) is 13.3. The second kappa shape index (κ2) is 6.85. The molecule has 4 heteroatoms. The fourth-order valence-corrected chi connectivity index (χ4v) is 2.80. The molecule has 3 nitrogen and oxygen atoms in total. The Kier molecular flexibility index (Phi) is 5.12. The molecule has 0 radical (unpaired) electrons. The molecular weight excluding hydrogens is 265 g/mol. The lowest BCUT2D eigenvalue weighted by Crippen LogP contribution is -2.21. The van der Waals surface area contributed by atoms with Crippen LogP contribution in [0.5, 0.6) is 0 Å². The highest BCUT2D eigenvalue weighted by Crippen LogP contribution is 2.25. The van der Waals surface area contributed by atoms with Crippen molar-refractivity contribution in [1.82, 2.24) is 15.1 Å². The van der Waals surface area contributed by atoms with E-state index in [0.29, 0.717) is 5.92 Å². The summed E-state index contributed by atoms with van der Waals surface area (Å²) in [6.07, 6.45) is 1.14. The van der Waals surface area contributed by atoms with Crippen LogP contribution in [0.4, 0.5) is 4.39 Å². The zero-order chi connectivity index (χ0) is 15.4. The van der Waals surface area contributed by atoms with Crippen molar-refractivity contribution in [2.45, 2.75) is 40.0 Å². The maximum Gasteiger partial charge on any atom is 0.123 e. The predicted molar refractivity (Wildman–Crippen MR) is 84.6 cm³/mol. The van der Waals surface area contributed by atoms with Crippen LogP contribution in [0.2, 0.25) is 0 Å². The first-order valence-corrected chi connectivity index (χ1v) is 7.57. The largest absolute Gasteiger partial charge is 0.316 e. The van der Waals surface area contributed by atoms with E-state index in [0.717, 1.165) is 36.6 Å². The molecule has 0 spiro atoms. The number of rotatable bonds is 6. The number of nitrogens with one attached hydrogen (secondary N) is 1. The van der Waals surface area contributed by atoms with E-state index in [2.05, 4.69) is 31.2 Å². The highest BCUT2D eigenvalue weighted by atomic mass is 19.1. The topological polar surface area (TPSA) is 29.9 Å². The molecule has 0 fully saturated rings. The van der Waals surface area contributed by atoms with Crippen LogP contribution < -0.4 is 5.32 Å². The molecule has 1 atom stereocenters. The molecule has 1 unspecified atom stereocenters. The minimum atomic E-state index is -0.224. The lowest BCUT2D eigenvalue weighted by Gasteiger charge is -2.13. The number of aryl methyl sites for hydroxylation is 1. The van der Waals surface area contributed by atoms with E-state index < -0.39 is 0 Å². The van der Waals surface area contributed by atoms with Gasteiger partial charge in [-0.3, -0.25) is 0 Å². The van der Waals surface area contributed by atoms with Crippen molar-refractivity contribution in [1.29, 1.82) is 0 Å².